The summed E-state index contributed by atoms with van der Waals surface area (Å²) in [5, 5.41) is 7.92. The molecule has 0 heterocycles. The number of nitrogens with one attached hydrogen (secondary N) is 3. The lowest BCUT2D eigenvalue weighted by Crippen LogP contribution is -2.35. The molecule has 0 saturated heterocycles. The molecule has 0 fully saturated rings. The van der Waals surface area contributed by atoms with E-state index in [2.05, 4.69) is 29.1 Å². The molecule has 0 radical (unpaired) electrons. The van der Waals surface area contributed by atoms with Gasteiger partial charge in [0.25, 0.3) is 0 Å². The number of carbonyl (C=O) groups is 6. The van der Waals surface area contributed by atoms with Gasteiger partial charge < -0.3 is 58.6 Å². The molecule has 0 spiro atoms. The van der Waals surface area contributed by atoms with Gasteiger partial charge in [-0.2, -0.15) is 0 Å². The van der Waals surface area contributed by atoms with E-state index >= 15 is 0 Å². The van der Waals surface area contributed by atoms with Crippen LogP contribution in [0.1, 0.15) is 50.3 Å². The lowest BCUT2D eigenvalue weighted by molar-refractivity contribution is -0.147. The SMILES string of the molecule is C=C(C)C(=O)OCCNC(=O)OC(COc1ccc(C(c2ccc(OCC(CSc3ccccc3)OC(=O)NCCOC(=O)C(=C)C)cc2)c2ccc(OCC(CSc3ccccc3)OC(=O)NCCOC(=O)C(C)C)cc2)cc1)CSc1ccccc1. The second-order valence-corrected chi connectivity index (χ2v) is 23.2. The molecule has 0 bridgehead atoms. The summed E-state index contributed by atoms with van der Waals surface area (Å²) in [5.74, 6) is 0.708. The Morgan fingerprint density at radius 3 is 0.966 bits per heavy atom. The highest BCUT2D eigenvalue weighted by molar-refractivity contribution is 7.99. The zero-order chi connectivity index (χ0) is 62.9. The Kier molecular flexibility index (Phi) is 29.5. The van der Waals surface area contributed by atoms with Crippen LogP contribution >= 0.6 is 35.3 Å². The Morgan fingerprint density at radius 2 is 0.693 bits per heavy atom. The first kappa shape index (κ1) is 68.6. The van der Waals surface area contributed by atoms with E-state index in [1.54, 1.807) is 27.7 Å². The predicted molar refractivity (Wildman–Crippen MR) is 340 cm³/mol. The van der Waals surface area contributed by atoms with Gasteiger partial charge in [0.05, 0.1) is 25.6 Å². The van der Waals surface area contributed by atoms with Gasteiger partial charge in [-0.05, 0) is 103 Å². The monoisotopic (exact) mass is 1260 g/mol. The van der Waals surface area contributed by atoms with E-state index in [4.69, 9.17) is 42.6 Å². The molecule has 0 aliphatic rings. The second kappa shape index (κ2) is 37.9. The van der Waals surface area contributed by atoms with Crippen LogP contribution < -0.4 is 30.2 Å². The van der Waals surface area contributed by atoms with Crippen LogP contribution in [0.15, 0.2) is 203 Å². The van der Waals surface area contributed by atoms with Crippen LogP contribution in [0.5, 0.6) is 17.2 Å². The van der Waals surface area contributed by atoms with Crippen LogP contribution in [0.25, 0.3) is 0 Å². The topological polar surface area (TPSA) is 222 Å². The minimum Gasteiger partial charge on any atom is -0.490 e. The lowest BCUT2D eigenvalue weighted by atomic mass is 9.85. The molecule has 0 aromatic heterocycles. The molecule has 0 saturated carbocycles. The molecular formula is C67H75N3O15S3. The van der Waals surface area contributed by atoms with E-state index in [-0.39, 0.29) is 88.2 Å². The maximum absolute atomic E-state index is 13.0. The summed E-state index contributed by atoms with van der Waals surface area (Å²) in [7, 11) is 0. The van der Waals surface area contributed by atoms with Gasteiger partial charge in [0.15, 0.2) is 0 Å². The van der Waals surface area contributed by atoms with Crippen molar-refractivity contribution in [1.29, 1.82) is 0 Å². The van der Waals surface area contributed by atoms with Crippen molar-refractivity contribution in [3.05, 3.63) is 205 Å². The quantitative estimate of drug-likeness (QED) is 0.00831. The van der Waals surface area contributed by atoms with Gasteiger partial charge in [0.2, 0.25) is 0 Å². The number of amides is 3. The fourth-order valence-electron chi connectivity index (χ4n) is 7.77. The highest BCUT2D eigenvalue weighted by atomic mass is 32.2. The summed E-state index contributed by atoms with van der Waals surface area (Å²) in [6.45, 7) is 13.9. The first-order valence-electron chi connectivity index (χ1n) is 28.5. The fraction of sp³-hybridized carbons (Fsp3) is 0.313. The molecule has 88 heavy (non-hydrogen) atoms. The normalized spacial score (nSPS) is 12.1. The Morgan fingerprint density at radius 1 is 0.409 bits per heavy atom. The first-order valence-corrected chi connectivity index (χ1v) is 31.4. The minimum absolute atomic E-state index is 0.00936. The van der Waals surface area contributed by atoms with Crippen molar-refractivity contribution in [2.75, 3.05) is 76.5 Å². The zero-order valence-corrected chi connectivity index (χ0v) is 52.2. The molecule has 466 valence electrons. The Hall–Kier alpha value is -8.53. The molecule has 18 nitrogen and oxygen atoms in total. The van der Waals surface area contributed by atoms with E-state index in [1.807, 2.05) is 164 Å². The van der Waals surface area contributed by atoms with Crippen LogP contribution in [-0.2, 0) is 42.8 Å². The number of benzene rings is 6. The molecule has 6 aromatic rings. The summed E-state index contributed by atoms with van der Waals surface area (Å²) in [6.07, 6.45) is -4.04. The fourth-order valence-corrected chi connectivity index (χ4v) is 10.4. The van der Waals surface area contributed by atoms with E-state index in [1.165, 1.54) is 35.3 Å². The molecule has 3 unspecified atom stereocenters. The van der Waals surface area contributed by atoms with Crippen molar-refractivity contribution in [3.63, 3.8) is 0 Å². The third kappa shape index (κ3) is 25.8. The lowest BCUT2D eigenvalue weighted by Gasteiger charge is -2.22. The molecule has 6 rings (SSSR count). The number of hydrogen-bond donors (Lipinski definition) is 3. The third-order valence-electron chi connectivity index (χ3n) is 12.3. The molecule has 3 N–H and O–H groups in total. The summed E-state index contributed by atoms with van der Waals surface area (Å²) >= 11 is 4.55. The zero-order valence-electron chi connectivity index (χ0n) is 49.7. The largest absolute Gasteiger partial charge is 0.490 e. The van der Waals surface area contributed by atoms with Gasteiger partial charge in [0, 0.05) is 49.0 Å². The highest BCUT2D eigenvalue weighted by Crippen LogP contribution is 2.35. The van der Waals surface area contributed by atoms with E-state index in [9.17, 15) is 28.8 Å². The molecule has 21 heteroatoms. The number of carbonyl (C=O) groups excluding carboxylic acids is 6. The second-order valence-electron chi connectivity index (χ2n) is 20.0. The van der Waals surface area contributed by atoms with E-state index in [0.717, 1.165) is 31.4 Å². The van der Waals surface area contributed by atoms with Gasteiger partial charge in [-0.1, -0.05) is 118 Å². The highest BCUT2D eigenvalue weighted by Gasteiger charge is 2.23. The van der Waals surface area contributed by atoms with Gasteiger partial charge in [0.1, 0.15) is 75.2 Å². The summed E-state index contributed by atoms with van der Waals surface area (Å²) in [5.41, 5.74) is 3.25. The van der Waals surface area contributed by atoms with Crippen LogP contribution in [0.3, 0.4) is 0 Å². The van der Waals surface area contributed by atoms with E-state index in [0.29, 0.717) is 34.5 Å². The smallest absolute Gasteiger partial charge is 0.407 e. The first-order chi connectivity index (χ1) is 42.6. The number of thioether (sulfide) groups is 3. The molecule has 0 aliphatic heterocycles. The summed E-state index contributed by atoms with van der Waals surface area (Å²) in [6, 6.07) is 52.1. The minimum atomic E-state index is -0.688. The van der Waals surface area contributed by atoms with Gasteiger partial charge in [-0.3, -0.25) is 4.79 Å². The van der Waals surface area contributed by atoms with Crippen molar-refractivity contribution in [2.24, 2.45) is 5.92 Å². The van der Waals surface area contributed by atoms with Gasteiger partial charge in [-0.15, -0.1) is 35.3 Å². The van der Waals surface area contributed by atoms with E-state index < -0.39 is 48.5 Å². The maximum Gasteiger partial charge on any atom is 0.407 e. The average molecular weight is 1260 g/mol. The number of hydrogen-bond acceptors (Lipinski definition) is 18. The number of ether oxygens (including phenoxy) is 9. The number of esters is 3. The van der Waals surface area contributed by atoms with Crippen LogP contribution in [-0.4, -0.2) is 131 Å². The Balaban J connectivity index is 1.18. The van der Waals surface area contributed by atoms with Crippen molar-refractivity contribution in [3.8, 4) is 17.2 Å². The Labute approximate surface area is 527 Å². The molecular weight excluding hydrogens is 1180 g/mol. The molecule has 3 atom stereocenters. The van der Waals surface area contributed by atoms with Crippen molar-refractivity contribution in [2.45, 2.75) is 66.6 Å². The third-order valence-corrected chi connectivity index (χ3v) is 15.7. The number of alkyl carbamates (subject to hydrolysis) is 3. The summed E-state index contributed by atoms with van der Waals surface area (Å²) in [4.78, 5) is 77.4. The van der Waals surface area contributed by atoms with Crippen LogP contribution in [0, 0.1) is 5.92 Å². The van der Waals surface area contributed by atoms with Crippen molar-refractivity contribution >= 4 is 71.5 Å². The molecule has 3 amide bonds. The van der Waals surface area contributed by atoms with Crippen molar-refractivity contribution in [1.82, 2.24) is 16.0 Å². The van der Waals surface area contributed by atoms with Crippen LogP contribution in [0.2, 0.25) is 0 Å². The maximum atomic E-state index is 13.0. The number of rotatable bonds is 36. The van der Waals surface area contributed by atoms with Crippen LogP contribution in [0.4, 0.5) is 14.4 Å². The van der Waals surface area contributed by atoms with Gasteiger partial charge >= 0.3 is 36.2 Å². The standard InChI is InChI=1S/C67H75N3O15S3/c1-46(2)62(71)77-37-34-68-65(74)83-55(43-86-58-16-10-7-11-17-58)40-80-52-28-22-49(23-29-52)61(50-24-30-53(31-25-50)81-41-56(44-87-59-18-12-8-13-19-59)84-66(75)69-35-38-78-63(72)47(3)4)51-26-32-54(33-27-51)82-42-57(45-88-60-20-14-9-15-21-60)85-67(76)70-36-39-79-64(73)48(5)6/h7-33,48,55-57,61H,1,3,34-45H2,2,4-6H3,(H,68,74)(H,69,75)(H,70,76). The van der Waals surface area contributed by atoms with Gasteiger partial charge in [-0.25, -0.2) is 24.0 Å². The summed E-state index contributed by atoms with van der Waals surface area (Å²) < 4.78 is 51.7. The molecule has 6 aromatic carbocycles. The van der Waals surface area contributed by atoms with Crippen molar-refractivity contribution < 1.29 is 71.4 Å². The molecule has 0 aliphatic carbocycles. The predicted octanol–water partition coefficient (Wildman–Crippen LogP) is 12.1. The Bertz CT molecular complexity index is 3000. The average Bonchev–Trinajstić information content (AvgIpc) is 2.73.